The van der Waals surface area contributed by atoms with Crippen molar-refractivity contribution in [3.05, 3.63) is 35.4 Å². The number of nitrogens with zero attached hydrogens (tertiary/aromatic N) is 2. The number of aliphatic hydroxyl groups is 1. The lowest BCUT2D eigenvalue weighted by Crippen LogP contribution is -2.42. The van der Waals surface area contributed by atoms with Crippen LogP contribution in [0.2, 0.25) is 0 Å². The normalized spacial score (nSPS) is 24.7. The van der Waals surface area contributed by atoms with Crippen LogP contribution in [-0.4, -0.2) is 29.2 Å². The van der Waals surface area contributed by atoms with E-state index in [1.165, 1.54) is 5.56 Å². The van der Waals surface area contributed by atoms with Crippen molar-refractivity contribution < 1.29 is 5.11 Å². The van der Waals surface area contributed by atoms with E-state index in [-0.39, 0.29) is 6.10 Å². The topological polar surface area (TPSA) is 47.3 Å². The first-order chi connectivity index (χ1) is 8.72. The highest BCUT2D eigenvalue weighted by Gasteiger charge is 2.25. The Hall–Kier alpha value is -1.37. The molecule has 3 nitrogen and oxygen atoms in total. The molecule has 0 aliphatic carbocycles. The van der Waals surface area contributed by atoms with Gasteiger partial charge in [0.25, 0.3) is 0 Å². The summed E-state index contributed by atoms with van der Waals surface area (Å²) in [6.07, 6.45) is 1.77. The molecule has 2 atom stereocenters. The highest BCUT2D eigenvalue weighted by Crippen LogP contribution is 2.21. The van der Waals surface area contributed by atoms with E-state index in [0.29, 0.717) is 11.5 Å². The second-order valence-electron chi connectivity index (χ2n) is 5.07. The molecule has 0 spiro atoms. The first kappa shape index (κ1) is 13.1. The van der Waals surface area contributed by atoms with Crippen molar-refractivity contribution in [2.24, 2.45) is 5.92 Å². The molecule has 1 N–H and O–H groups in total. The Morgan fingerprint density at radius 3 is 2.72 bits per heavy atom. The first-order valence-electron chi connectivity index (χ1n) is 6.62. The Morgan fingerprint density at radius 1 is 1.39 bits per heavy atom. The summed E-state index contributed by atoms with van der Waals surface area (Å²) in [6.45, 7) is 4.98. The van der Waals surface area contributed by atoms with Crippen LogP contribution >= 0.6 is 0 Å². The van der Waals surface area contributed by atoms with Gasteiger partial charge in [0.2, 0.25) is 0 Å². The maximum atomic E-state index is 9.86. The lowest BCUT2D eigenvalue weighted by Gasteiger charge is -2.35. The number of likely N-dealkylation sites (tertiary alicyclic amines) is 1. The van der Waals surface area contributed by atoms with Crippen molar-refractivity contribution in [2.75, 3.05) is 13.1 Å². The summed E-state index contributed by atoms with van der Waals surface area (Å²) in [6, 6.07) is 9.90. The molecular formula is C15H20N2O. The molecule has 96 valence electrons. The minimum atomic E-state index is -0.132. The summed E-state index contributed by atoms with van der Waals surface area (Å²) in [5.74, 6) is 0.400. The van der Waals surface area contributed by atoms with Gasteiger partial charge in [-0.15, -0.1) is 0 Å². The maximum absolute atomic E-state index is 9.86. The third kappa shape index (κ3) is 3.10. The fraction of sp³-hybridized carbons (Fsp3) is 0.533. The standard InChI is InChI=1S/C15H20N2O/c1-2-14-11-17(8-7-15(14)18)10-13-5-3-12(9-16)4-6-13/h3-6,14-15,18H,2,7-8,10-11H2,1H3. The number of rotatable bonds is 3. The quantitative estimate of drug-likeness (QED) is 0.886. The van der Waals surface area contributed by atoms with Gasteiger partial charge in [-0.3, -0.25) is 4.90 Å². The Kier molecular flexibility index (Phi) is 4.35. The van der Waals surface area contributed by atoms with Gasteiger partial charge in [-0.2, -0.15) is 5.26 Å². The molecule has 0 amide bonds. The molecule has 0 radical (unpaired) electrons. The van der Waals surface area contributed by atoms with Crippen LogP contribution < -0.4 is 0 Å². The molecule has 2 unspecified atom stereocenters. The summed E-state index contributed by atoms with van der Waals surface area (Å²) in [5, 5.41) is 18.6. The number of nitriles is 1. The molecule has 2 rings (SSSR count). The molecule has 18 heavy (non-hydrogen) atoms. The Bertz CT molecular complexity index is 421. The molecule has 1 fully saturated rings. The lowest BCUT2D eigenvalue weighted by atomic mass is 9.92. The van der Waals surface area contributed by atoms with Crippen molar-refractivity contribution in [1.82, 2.24) is 4.90 Å². The van der Waals surface area contributed by atoms with E-state index >= 15 is 0 Å². The van der Waals surface area contributed by atoms with Crippen LogP contribution in [0.4, 0.5) is 0 Å². The van der Waals surface area contributed by atoms with Gasteiger partial charge >= 0.3 is 0 Å². The number of piperidine rings is 1. The Labute approximate surface area is 109 Å². The highest BCUT2D eigenvalue weighted by atomic mass is 16.3. The van der Waals surface area contributed by atoms with Crippen LogP contribution in [0, 0.1) is 17.2 Å². The van der Waals surface area contributed by atoms with Crippen LogP contribution in [-0.2, 0) is 6.54 Å². The minimum Gasteiger partial charge on any atom is -0.393 e. The molecule has 1 heterocycles. The Morgan fingerprint density at radius 2 is 2.11 bits per heavy atom. The van der Waals surface area contributed by atoms with Crippen molar-refractivity contribution in [3.8, 4) is 6.07 Å². The van der Waals surface area contributed by atoms with Gasteiger partial charge in [-0.05, 0) is 36.5 Å². The third-order valence-corrected chi connectivity index (χ3v) is 3.79. The van der Waals surface area contributed by atoms with Gasteiger partial charge in [-0.1, -0.05) is 19.1 Å². The van der Waals surface area contributed by atoms with Crippen LogP contribution in [0.1, 0.15) is 30.9 Å². The van der Waals surface area contributed by atoms with Crippen molar-refractivity contribution >= 4 is 0 Å². The predicted molar refractivity (Wildman–Crippen MR) is 70.8 cm³/mol. The van der Waals surface area contributed by atoms with Gasteiger partial charge in [0.05, 0.1) is 17.7 Å². The largest absolute Gasteiger partial charge is 0.393 e. The first-order valence-corrected chi connectivity index (χ1v) is 6.62. The second-order valence-corrected chi connectivity index (χ2v) is 5.07. The van der Waals surface area contributed by atoms with Gasteiger partial charge in [-0.25, -0.2) is 0 Å². The van der Waals surface area contributed by atoms with Crippen molar-refractivity contribution in [3.63, 3.8) is 0 Å². The molecule has 0 bridgehead atoms. The molecular weight excluding hydrogens is 224 g/mol. The third-order valence-electron chi connectivity index (χ3n) is 3.79. The van der Waals surface area contributed by atoms with E-state index in [0.717, 1.165) is 32.5 Å². The predicted octanol–water partition coefficient (Wildman–Crippen LogP) is 2.15. The minimum absolute atomic E-state index is 0.132. The summed E-state index contributed by atoms with van der Waals surface area (Å²) in [5.41, 5.74) is 1.94. The number of hydrogen-bond donors (Lipinski definition) is 1. The Balaban J connectivity index is 1.95. The van der Waals surface area contributed by atoms with Crippen molar-refractivity contribution in [1.29, 1.82) is 5.26 Å². The van der Waals surface area contributed by atoms with Crippen molar-refractivity contribution in [2.45, 2.75) is 32.4 Å². The average Bonchev–Trinajstić information content (AvgIpc) is 2.42. The lowest BCUT2D eigenvalue weighted by molar-refractivity contribution is 0.0222. The van der Waals surface area contributed by atoms with Crippen LogP contribution in [0.3, 0.4) is 0 Å². The molecule has 0 aromatic heterocycles. The van der Waals surface area contributed by atoms with E-state index < -0.39 is 0 Å². The van der Waals surface area contributed by atoms with E-state index in [4.69, 9.17) is 5.26 Å². The fourth-order valence-electron chi connectivity index (χ4n) is 2.58. The zero-order valence-corrected chi connectivity index (χ0v) is 10.8. The van der Waals surface area contributed by atoms with E-state index in [9.17, 15) is 5.11 Å². The SMILES string of the molecule is CCC1CN(Cc2ccc(C#N)cc2)CCC1O. The molecule has 1 aliphatic rings. The number of aliphatic hydroxyl groups excluding tert-OH is 1. The molecule has 1 aromatic rings. The average molecular weight is 244 g/mol. The summed E-state index contributed by atoms with van der Waals surface area (Å²) in [4.78, 5) is 2.39. The molecule has 1 saturated heterocycles. The summed E-state index contributed by atoms with van der Waals surface area (Å²) < 4.78 is 0. The summed E-state index contributed by atoms with van der Waals surface area (Å²) in [7, 11) is 0. The highest BCUT2D eigenvalue weighted by molar-refractivity contribution is 5.31. The van der Waals surface area contributed by atoms with Gasteiger partial charge in [0, 0.05) is 19.6 Å². The van der Waals surface area contributed by atoms with Gasteiger partial charge < -0.3 is 5.11 Å². The number of benzene rings is 1. The maximum Gasteiger partial charge on any atom is 0.0991 e. The summed E-state index contributed by atoms with van der Waals surface area (Å²) >= 11 is 0. The van der Waals surface area contributed by atoms with Crippen LogP contribution in [0.5, 0.6) is 0 Å². The fourth-order valence-corrected chi connectivity index (χ4v) is 2.58. The van der Waals surface area contributed by atoms with Gasteiger partial charge in [0.15, 0.2) is 0 Å². The smallest absolute Gasteiger partial charge is 0.0991 e. The number of hydrogen-bond acceptors (Lipinski definition) is 3. The second kappa shape index (κ2) is 5.99. The zero-order chi connectivity index (χ0) is 13.0. The molecule has 1 aromatic carbocycles. The zero-order valence-electron chi connectivity index (χ0n) is 10.8. The van der Waals surface area contributed by atoms with Crippen LogP contribution in [0.25, 0.3) is 0 Å². The van der Waals surface area contributed by atoms with E-state index in [1.54, 1.807) is 0 Å². The molecule has 0 saturated carbocycles. The van der Waals surface area contributed by atoms with Crippen LogP contribution in [0.15, 0.2) is 24.3 Å². The molecule has 1 aliphatic heterocycles. The monoisotopic (exact) mass is 244 g/mol. The molecule has 3 heteroatoms. The van der Waals surface area contributed by atoms with E-state index in [1.807, 2.05) is 24.3 Å². The van der Waals surface area contributed by atoms with Gasteiger partial charge in [0.1, 0.15) is 0 Å². The van der Waals surface area contributed by atoms with E-state index in [2.05, 4.69) is 17.9 Å².